The van der Waals surface area contributed by atoms with E-state index in [1.54, 1.807) is 16.8 Å². The summed E-state index contributed by atoms with van der Waals surface area (Å²) in [4.78, 5) is 32.5. The van der Waals surface area contributed by atoms with E-state index >= 15 is 0 Å². The second kappa shape index (κ2) is 11.2. The molecule has 0 aliphatic carbocycles. The van der Waals surface area contributed by atoms with Crippen LogP contribution >= 0.6 is 0 Å². The van der Waals surface area contributed by atoms with Crippen molar-refractivity contribution in [1.82, 2.24) is 14.5 Å². The van der Waals surface area contributed by atoms with Gasteiger partial charge in [0, 0.05) is 43.5 Å². The molecule has 4 aromatic rings. The maximum atomic E-state index is 13.2. The standard InChI is InChI=1S/C32H33N3O3/c1-24(25-10-4-2-5-11-25)20-30(36)34-18-15-32(38,16-19-34)23-35-22-28(29-14-8-9-17-33-29)27(21-31(35)37)26-12-6-3-7-13-26/h2-14,17,21-22,24,38H,15-16,18-20,23H2,1H3/t24-/m1/s1. The molecule has 6 nitrogen and oxygen atoms in total. The van der Waals surface area contributed by atoms with E-state index in [4.69, 9.17) is 0 Å². The summed E-state index contributed by atoms with van der Waals surface area (Å²) in [6.45, 7) is 3.18. The first-order valence-electron chi connectivity index (χ1n) is 13.2. The highest BCUT2D eigenvalue weighted by Crippen LogP contribution is 2.31. The van der Waals surface area contributed by atoms with Crippen LogP contribution in [0, 0.1) is 0 Å². The number of benzene rings is 2. The Morgan fingerprint density at radius 2 is 1.61 bits per heavy atom. The molecular weight excluding hydrogens is 474 g/mol. The van der Waals surface area contributed by atoms with Crippen molar-refractivity contribution < 1.29 is 9.90 Å². The van der Waals surface area contributed by atoms with Crippen LogP contribution in [0.3, 0.4) is 0 Å². The molecule has 5 rings (SSSR count). The van der Waals surface area contributed by atoms with Crippen LogP contribution in [0.25, 0.3) is 22.4 Å². The second-order valence-corrected chi connectivity index (χ2v) is 10.3. The molecule has 0 bridgehead atoms. The molecule has 3 heterocycles. The van der Waals surface area contributed by atoms with E-state index in [1.807, 2.05) is 90.0 Å². The Hall–Kier alpha value is -4.03. The number of hydrogen-bond donors (Lipinski definition) is 1. The zero-order valence-electron chi connectivity index (χ0n) is 21.7. The molecule has 1 N–H and O–H groups in total. The zero-order valence-corrected chi connectivity index (χ0v) is 21.7. The Labute approximate surface area is 223 Å². The van der Waals surface area contributed by atoms with Crippen molar-refractivity contribution in [2.45, 2.75) is 44.2 Å². The van der Waals surface area contributed by atoms with E-state index in [0.717, 1.165) is 27.9 Å². The van der Waals surface area contributed by atoms with Gasteiger partial charge >= 0.3 is 0 Å². The molecule has 0 radical (unpaired) electrons. The van der Waals surface area contributed by atoms with Crippen molar-refractivity contribution in [3.8, 4) is 22.4 Å². The number of amides is 1. The third-order valence-corrected chi connectivity index (χ3v) is 7.51. The van der Waals surface area contributed by atoms with E-state index in [1.165, 1.54) is 0 Å². The largest absolute Gasteiger partial charge is 0.388 e. The van der Waals surface area contributed by atoms with E-state index in [-0.39, 0.29) is 23.9 Å². The molecular formula is C32H33N3O3. The Morgan fingerprint density at radius 1 is 0.947 bits per heavy atom. The van der Waals surface area contributed by atoms with E-state index in [0.29, 0.717) is 32.4 Å². The van der Waals surface area contributed by atoms with Gasteiger partial charge in [-0.05, 0) is 47.6 Å². The SMILES string of the molecule is C[C@H](CC(=O)N1CCC(O)(Cn2cc(-c3ccccn3)c(-c3ccccc3)cc2=O)CC1)c1ccccc1. The summed E-state index contributed by atoms with van der Waals surface area (Å²) in [6, 6.07) is 27.2. The summed E-state index contributed by atoms with van der Waals surface area (Å²) in [5.74, 6) is 0.237. The Balaban J connectivity index is 1.32. The highest BCUT2D eigenvalue weighted by atomic mass is 16.3. The molecule has 194 valence electrons. The number of aliphatic hydroxyl groups is 1. The first kappa shape index (κ1) is 25.6. The number of aromatic nitrogens is 2. The van der Waals surface area contributed by atoms with Crippen LogP contribution in [0.15, 0.2) is 102 Å². The summed E-state index contributed by atoms with van der Waals surface area (Å²) in [5, 5.41) is 11.4. The summed E-state index contributed by atoms with van der Waals surface area (Å²) in [7, 11) is 0. The van der Waals surface area contributed by atoms with Gasteiger partial charge in [-0.3, -0.25) is 14.6 Å². The van der Waals surface area contributed by atoms with Crippen LogP contribution in [-0.2, 0) is 11.3 Å². The fraction of sp³-hybridized carbons (Fsp3) is 0.281. The van der Waals surface area contributed by atoms with Crippen molar-refractivity contribution in [2.24, 2.45) is 0 Å². The lowest BCUT2D eigenvalue weighted by atomic mass is 9.90. The van der Waals surface area contributed by atoms with Gasteiger partial charge in [0.15, 0.2) is 0 Å². The number of hydrogen-bond acceptors (Lipinski definition) is 4. The maximum absolute atomic E-state index is 13.2. The van der Waals surface area contributed by atoms with E-state index in [2.05, 4.69) is 11.9 Å². The number of nitrogens with zero attached hydrogens (tertiary/aromatic N) is 3. The van der Waals surface area contributed by atoms with E-state index in [9.17, 15) is 14.7 Å². The van der Waals surface area contributed by atoms with Crippen molar-refractivity contribution in [2.75, 3.05) is 13.1 Å². The van der Waals surface area contributed by atoms with Gasteiger partial charge in [0.1, 0.15) is 0 Å². The van der Waals surface area contributed by atoms with Crippen molar-refractivity contribution in [3.63, 3.8) is 0 Å². The molecule has 38 heavy (non-hydrogen) atoms. The molecule has 1 aliphatic heterocycles. The van der Waals surface area contributed by atoms with Crippen LogP contribution in [0.1, 0.15) is 37.7 Å². The van der Waals surface area contributed by atoms with Gasteiger partial charge < -0.3 is 14.6 Å². The number of piperidine rings is 1. The van der Waals surface area contributed by atoms with Crippen LogP contribution < -0.4 is 5.56 Å². The number of pyridine rings is 2. The van der Waals surface area contributed by atoms with Crippen LogP contribution in [-0.4, -0.2) is 44.2 Å². The summed E-state index contributed by atoms with van der Waals surface area (Å²) in [5.41, 5.74) is 3.26. The van der Waals surface area contributed by atoms with Crippen LogP contribution in [0.4, 0.5) is 0 Å². The lowest BCUT2D eigenvalue weighted by Crippen LogP contribution is -2.49. The topological polar surface area (TPSA) is 75.4 Å². The normalized spacial score (nSPS) is 15.7. The van der Waals surface area contributed by atoms with Crippen molar-refractivity contribution >= 4 is 5.91 Å². The molecule has 1 atom stereocenters. The highest BCUT2D eigenvalue weighted by Gasteiger charge is 2.35. The van der Waals surface area contributed by atoms with Gasteiger partial charge in [-0.25, -0.2) is 0 Å². The second-order valence-electron chi connectivity index (χ2n) is 10.3. The predicted octanol–water partition coefficient (Wildman–Crippen LogP) is 5.12. The monoisotopic (exact) mass is 507 g/mol. The predicted molar refractivity (Wildman–Crippen MR) is 150 cm³/mol. The molecule has 0 saturated carbocycles. The van der Waals surface area contributed by atoms with Gasteiger partial charge in [0.2, 0.25) is 5.91 Å². The molecule has 1 amide bonds. The molecule has 0 spiro atoms. The first-order chi connectivity index (χ1) is 18.4. The quantitative estimate of drug-likeness (QED) is 0.377. The lowest BCUT2D eigenvalue weighted by molar-refractivity contribution is -0.136. The smallest absolute Gasteiger partial charge is 0.251 e. The van der Waals surface area contributed by atoms with Crippen LogP contribution in [0.5, 0.6) is 0 Å². The minimum absolute atomic E-state index is 0.102. The van der Waals surface area contributed by atoms with Gasteiger partial charge in [0.25, 0.3) is 5.56 Å². The third kappa shape index (κ3) is 5.76. The molecule has 2 aromatic heterocycles. The van der Waals surface area contributed by atoms with Gasteiger partial charge in [-0.1, -0.05) is 73.7 Å². The fourth-order valence-corrected chi connectivity index (χ4v) is 5.22. The number of carbonyl (C=O) groups excluding carboxylic acids is 1. The maximum Gasteiger partial charge on any atom is 0.251 e. The average molecular weight is 508 g/mol. The van der Waals surface area contributed by atoms with Gasteiger partial charge in [0.05, 0.1) is 17.8 Å². The molecule has 1 saturated heterocycles. The number of likely N-dealkylation sites (tertiary alicyclic amines) is 1. The fourth-order valence-electron chi connectivity index (χ4n) is 5.22. The van der Waals surface area contributed by atoms with Crippen molar-refractivity contribution in [3.05, 3.63) is 113 Å². The minimum Gasteiger partial charge on any atom is -0.388 e. The number of carbonyl (C=O) groups is 1. The highest BCUT2D eigenvalue weighted by molar-refractivity contribution is 5.81. The Kier molecular flexibility index (Phi) is 7.52. The van der Waals surface area contributed by atoms with Crippen LogP contribution in [0.2, 0.25) is 0 Å². The van der Waals surface area contributed by atoms with Crippen molar-refractivity contribution in [1.29, 1.82) is 0 Å². The molecule has 1 fully saturated rings. The number of rotatable bonds is 7. The molecule has 0 unspecified atom stereocenters. The Bertz CT molecular complexity index is 1430. The summed E-state index contributed by atoms with van der Waals surface area (Å²) >= 11 is 0. The van der Waals surface area contributed by atoms with Gasteiger partial charge in [-0.2, -0.15) is 0 Å². The summed E-state index contributed by atoms with van der Waals surface area (Å²) < 4.78 is 1.59. The third-order valence-electron chi connectivity index (χ3n) is 7.51. The summed E-state index contributed by atoms with van der Waals surface area (Å²) in [6.07, 6.45) is 4.83. The molecule has 2 aromatic carbocycles. The van der Waals surface area contributed by atoms with E-state index < -0.39 is 5.60 Å². The Morgan fingerprint density at radius 3 is 2.26 bits per heavy atom. The lowest BCUT2D eigenvalue weighted by Gasteiger charge is -2.39. The molecule has 6 heteroatoms. The average Bonchev–Trinajstić information content (AvgIpc) is 2.95. The minimum atomic E-state index is -1.07. The van der Waals surface area contributed by atoms with Gasteiger partial charge in [-0.15, -0.1) is 0 Å². The molecule has 1 aliphatic rings. The zero-order chi connectivity index (χ0) is 26.5. The first-order valence-corrected chi connectivity index (χ1v) is 13.2.